The number of nitrogens with zero attached hydrogens (tertiary/aromatic N) is 2. The van der Waals surface area contributed by atoms with Crippen molar-refractivity contribution in [2.45, 2.75) is 18.4 Å². The minimum absolute atomic E-state index is 0.0832. The first kappa shape index (κ1) is 15.4. The number of hydrogen-bond donors (Lipinski definition) is 3. The molecule has 25 heavy (non-hydrogen) atoms. The third-order valence-corrected chi connectivity index (χ3v) is 5.00. The third kappa shape index (κ3) is 2.38. The number of nitrogens with two attached hydrogens (primary N) is 1. The molecule has 2 aromatic rings. The fourth-order valence-electron chi connectivity index (χ4n) is 3.64. The summed E-state index contributed by atoms with van der Waals surface area (Å²) in [6.45, 7) is 0.670. The Morgan fingerprint density at radius 1 is 1.32 bits per heavy atom. The SMILES string of the molecule is N=CC(=CN)c1ccc(N2CCC3(Cc4ncccc4N3)C2=O)cc1. The number of rotatable bonds is 3. The van der Waals surface area contributed by atoms with E-state index in [2.05, 4.69) is 10.3 Å². The number of anilines is 2. The molecule has 1 fully saturated rings. The quantitative estimate of drug-likeness (QED) is 0.750. The van der Waals surface area contributed by atoms with E-state index >= 15 is 0 Å². The average molecular weight is 333 g/mol. The number of carbonyl (C=O) groups is 1. The summed E-state index contributed by atoms with van der Waals surface area (Å²) in [6, 6.07) is 11.4. The van der Waals surface area contributed by atoms with Gasteiger partial charge in [-0.05, 0) is 36.2 Å². The largest absolute Gasteiger partial charge is 0.404 e. The van der Waals surface area contributed by atoms with Crippen LogP contribution < -0.4 is 16.0 Å². The highest BCUT2D eigenvalue weighted by molar-refractivity contribution is 6.09. The second kappa shape index (κ2) is 5.73. The van der Waals surface area contributed by atoms with Crippen LogP contribution in [0.5, 0.6) is 0 Å². The number of pyridine rings is 1. The lowest BCUT2D eigenvalue weighted by Gasteiger charge is -2.24. The Labute approximate surface area is 145 Å². The van der Waals surface area contributed by atoms with E-state index < -0.39 is 5.54 Å². The van der Waals surface area contributed by atoms with Crippen LogP contribution in [-0.4, -0.2) is 29.2 Å². The first-order valence-corrected chi connectivity index (χ1v) is 8.24. The van der Waals surface area contributed by atoms with Gasteiger partial charge in [-0.2, -0.15) is 0 Å². The molecule has 0 radical (unpaired) electrons. The first-order valence-electron chi connectivity index (χ1n) is 8.24. The smallest absolute Gasteiger partial charge is 0.253 e. The molecule has 1 spiro atoms. The fraction of sp³-hybridized carbons (Fsp3) is 0.211. The molecule has 0 saturated carbocycles. The summed E-state index contributed by atoms with van der Waals surface area (Å²) in [5.74, 6) is 0.0832. The highest BCUT2D eigenvalue weighted by atomic mass is 16.2. The summed E-state index contributed by atoms with van der Waals surface area (Å²) in [5, 5.41) is 10.8. The van der Waals surface area contributed by atoms with E-state index in [1.54, 1.807) is 6.20 Å². The van der Waals surface area contributed by atoms with Gasteiger partial charge in [0.2, 0.25) is 0 Å². The number of benzene rings is 1. The summed E-state index contributed by atoms with van der Waals surface area (Å²) in [6.07, 6.45) is 5.77. The van der Waals surface area contributed by atoms with Crippen LogP contribution >= 0.6 is 0 Å². The fourth-order valence-corrected chi connectivity index (χ4v) is 3.64. The Morgan fingerprint density at radius 3 is 2.80 bits per heavy atom. The Balaban J connectivity index is 1.58. The molecule has 6 nitrogen and oxygen atoms in total. The summed E-state index contributed by atoms with van der Waals surface area (Å²) >= 11 is 0. The van der Waals surface area contributed by atoms with Crippen molar-refractivity contribution in [3.05, 3.63) is 60.1 Å². The number of nitrogens with one attached hydrogen (secondary N) is 2. The lowest BCUT2D eigenvalue weighted by atomic mass is 9.95. The minimum atomic E-state index is -0.577. The van der Waals surface area contributed by atoms with Crippen LogP contribution in [0.15, 0.2) is 48.8 Å². The lowest BCUT2D eigenvalue weighted by molar-refractivity contribution is -0.120. The van der Waals surface area contributed by atoms with Crippen LogP contribution in [0, 0.1) is 5.41 Å². The average Bonchev–Trinajstić information content (AvgIpc) is 3.17. The van der Waals surface area contributed by atoms with E-state index in [0.717, 1.165) is 29.1 Å². The van der Waals surface area contributed by atoms with E-state index in [1.807, 2.05) is 41.3 Å². The molecule has 4 rings (SSSR count). The van der Waals surface area contributed by atoms with Gasteiger partial charge in [-0.3, -0.25) is 9.78 Å². The van der Waals surface area contributed by atoms with Gasteiger partial charge in [0.1, 0.15) is 5.54 Å². The molecule has 1 amide bonds. The molecule has 1 aromatic carbocycles. The van der Waals surface area contributed by atoms with Gasteiger partial charge < -0.3 is 21.4 Å². The van der Waals surface area contributed by atoms with Crippen molar-refractivity contribution in [1.82, 2.24) is 4.98 Å². The summed E-state index contributed by atoms with van der Waals surface area (Å²) in [5.41, 5.74) is 9.23. The van der Waals surface area contributed by atoms with Gasteiger partial charge in [0.05, 0.1) is 11.4 Å². The molecule has 126 valence electrons. The van der Waals surface area contributed by atoms with Gasteiger partial charge in [-0.25, -0.2) is 0 Å². The van der Waals surface area contributed by atoms with Gasteiger partial charge in [0.15, 0.2) is 0 Å². The molecule has 2 aliphatic rings. The van der Waals surface area contributed by atoms with Crippen LogP contribution in [-0.2, 0) is 11.2 Å². The Kier molecular flexibility index (Phi) is 3.53. The van der Waals surface area contributed by atoms with Gasteiger partial charge in [0.25, 0.3) is 5.91 Å². The van der Waals surface area contributed by atoms with Gasteiger partial charge >= 0.3 is 0 Å². The van der Waals surface area contributed by atoms with Gasteiger partial charge in [0, 0.05) is 42.8 Å². The number of amides is 1. The van der Waals surface area contributed by atoms with Crippen molar-refractivity contribution < 1.29 is 4.79 Å². The molecular formula is C19H19N5O. The molecule has 0 aliphatic carbocycles. The predicted octanol–water partition coefficient (Wildman–Crippen LogP) is 2.17. The highest BCUT2D eigenvalue weighted by Gasteiger charge is 2.51. The van der Waals surface area contributed by atoms with E-state index in [0.29, 0.717) is 18.5 Å². The molecule has 2 aliphatic heterocycles. The van der Waals surface area contributed by atoms with Crippen molar-refractivity contribution in [2.24, 2.45) is 5.73 Å². The van der Waals surface area contributed by atoms with Crippen molar-refractivity contribution in [1.29, 1.82) is 5.41 Å². The lowest BCUT2D eigenvalue weighted by Crippen LogP contribution is -2.45. The second-order valence-corrected chi connectivity index (χ2v) is 6.40. The molecule has 1 aromatic heterocycles. The monoisotopic (exact) mass is 333 g/mol. The highest BCUT2D eigenvalue weighted by Crippen LogP contribution is 2.39. The Morgan fingerprint density at radius 2 is 2.12 bits per heavy atom. The first-order chi connectivity index (χ1) is 12.2. The molecule has 0 bridgehead atoms. The number of allylic oxidation sites excluding steroid dienone is 1. The van der Waals surface area contributed by atoms with E-state index in [1.165, 1.54) is 12.4 Å². The molecule has 1 saturated heterocycles. The van der Waals surface area contributed by atoms with Crippen LogP contribution in [0.1, 0.15) is 17.7 Å². The maximum absolute atomic E-state index is 13.1. The number of hydrogen-bond acceptors (Lipinski definition) is 5. The zero-order chi connectivity index (χ0) is 17.4. The summed E-state index contributed by atoms with van der Waals surface area (Å²) in [7, 11) is 0. The summed E-state index contributed by atoms with van der Waals surface area (Å²) < 4.78 is 0. The van der Waals surface area contributed by atoms with Crippen LogP contribution in [0.2, 0.25) is 0 Å². The zero-order valence-corrected chi connectivity index (χ0v) is 13.7. The van der Waals surface area contributed by atoms with Gasteiger partial charge in [-0.15, -0.1) is 0 Å². The molecule has 1 unspecified atom stereocenters. The molecule has 1 atom stereocenters. The van der Waals surface area contributed by atoms with Crippen LogP contribution in [0.3, 0.4) is 0 Å². The predicted molar refractivity (Wildman–Crippen MR) is 98.7 cm³/mol. The number of aromatic nitrogens is 1. The van der Waals surface area contributed by atoms with E-state index in [-0.39, 0.29) is 5.91 Å². The Bertz CT molecular complexity index is 847. The number of fused-ring (bicyclic) bond motifs is 1. The normalized spacial score (nSPS) is 22.2. The zero-order valence-electron chi connectivity index (χ0n) is 13.7. The Hall–Kier alpha value is -3.15. The van der Waals surface area contributed by atoms with Crippen molar-refractivity contribution in [2.75, 3.05) is 16.8 Å². The second-order valence-electron chi connectivity index (χ2n) is 6.40. The standard InChI is InChI=1S/C19H19N5O/c20-11-14(12-21)13-3-5-15(6-4-13)24-9-7-19(18(24)25)10-17-16(23-19)2-1-8-22-17/h1-6,8,11-12,20,23H,7,9-10,21H2. The van der Waals surface area contributed by atoms with E-state index in [4.69, 9.17) is 11.1 Å². The molecular weight excluding hydrogens is 314 g/mol. The number of carbonyl (C=O) groups excluding carboxylic acids is 1. The van der Waals surface area contributed by atoms with Crippen molar-refractivity contribution in [3.63, 3.8) is 0 Å². The van der Waals surface area contributed by atoms with Gasteiger partial charge in [-0.1, -0.05) is 12.1 Å². The molecule has 6 heteroatoms. The molecule has 4 N–H and O–H groups in total. The van der Waals surface area contributed by atoms with Crippen molar-refractivity contribution in [3.8, 4) is 0 Å². The minimum Gasteiger partial charge on any atom is -0.404 e. The van der Waals surface area contributed by atoms with Crippen LogP contribution in [0.4, 0.5) is 11.4 Å². The van der Waals surface area contributed by atoms with E-state index in [9.17, 15) is 4.79 Å². The maximum Gasteiger partial charge on any atom is 0.253 e. The van der Waals surface area contributed by atoms with Crippen molar-refractivity contribution >= 4 is 29.1 Å². The van der Waals surface area contributed by atoms with Crippen LogP contribution in [0.25, 0.3) is 5.57 Å². The maximum atomic E-state index is 13.1. The topological polar surface area (TPSA) is 95.1 Å². The third-order valence-electron chi connectivity index (χ3n) is 5.00. The summed E-state index contributed by atoms with van der Waals surface area (Å²) in [4.78, 5) is 19.3. The molecule has 3 heterocycles.